The van der Waals surface area contributed by atoms with Gasteiger partial charge in [-0.05, 0) is 45.1 Å². The summed E-state index contributed by atoms with van der Waals surface area (Å²) >= 11 is 0. The van der Waals surface area contributed by atoms with Crippen molar-refractivity contribution in [2.24, 2.45) is 5.92 Å². The molecule has 1 aromatic carbocycles. The summed E-state index contributed by atoms with van der Waals surface area (Å²) in [6.07, 6.45) is 1.77. The molecule has 25 heavy (non-hydrogen) atoms. The lowest BCUT2D eigenvalue weighted by Gasteiger charge is -2.28. The van der Waals surface area contributed by atoms with Gasteiger partial charge >= 0.3 is 6.09 Å². The molecule has 0 bridgehead atoms. The van der Waals surface area contributed by atoms with E-state index in [4.69, 9.17) is 4.74 Å². The van der Waals surface area contributed by atoms with Gasteiger partial charge in [-0.15, -0.1) is 0 Å². The van der Waals surface area contributed by atoms with E-state index in [0.29, 0.717) is 18.5 Å². The zero-order valence-corrected chi connectivity index (χ0v) is 16.8. The zero-order valence-electron chi connectivity index (χ0n) is 16.8. The van der Waals surface area contributed by atoms with Crippen molar-refractivity contribution in [3.05, 3.63) is 35.9 Å². The number of hydrogen-bond acceptors (Lipinski definition) is 3. The van der Waals surface area contributed by atoms with Crippen molar-refractivity contribution in [1.29, 1.82) is 0 Å². The summed E-state index contributed by atoms with van der Waals surface area (Å²) in [4.78, 5) is 14.1. The molecule has 142 valence electrons. The third-order valence-corrected chi connectivity index (χ3v) is 3.83. The Balaban J connectivity index is 2.63. The Kier molecular flexibility index (Phi) is 8.98. The molecular formula is C21H36N2O2. The van der Waals surface area contributed by atoms with Crippen LogP contribution in [0.3, 0.4) is 0 Å². The maximum atomic E-state index is 12.3. The second-order valence-electron chi connectivity index (χ2n) is 8.01. The van der Waals surface area contributed by atoms with E-state index < -0.39 is 5.60 Å². The molecule has 0 aromatic heterocycles. The zero-order chi connectivity index (χ0) is 18.9. The Morgan fingerprint density at radius 1 is 1.16 bits per heavy atom. The topological polar surface area (TPSA) is 41.6 Å². The van der Waals surface area contributed by atoms with Gasteiger partial charge in [0.2, 0.25) is 0 Å². The molecule has 0 radical (unpaired) electrons. The Labute approximate surface area is 153 Å². The van der Waals surface area contributed by atoms with Gasteiger partial charge in [-0.2, -0.15) is 0 Å². The fourth-order valence-corrected chi connectivity index (χ4v) is 2.76. The molecule has 0 aliphatic rings. The first kappa shape index (κ1) is 21.5. The van der Waals surface area contributed by atoms with Crippen molar-refractivity contribution in [3.8, 4) is 0 Å². The minimum absolute atomic E-state index is 0.226. The van der Waals surface area contributed by atoms with Crippen molar-refractivity contribution >= 4 is 6.09 Å². The van der Waals surface area contributed by atoms with Crippen molar-refractivity contribution in [3.63, 3.8) is 0 Å². The van der Waals surface area contributed by atoms with Gasteiger partial charge in [0.15, 0.2) is 0 Å². The van der Waals surface area contributed by atoms with Gasteiger partial charge in [0, 0.05) is 25.7 Å². The summed E-state index contributed by atoms with van der Waals surface area (Å²) in [6.45, 7) is 14.4. The molecule has 0 fully saturated rings. The average Bonchev–Trinajstić information content (AvgIpc) is 2.52. The summed E-state index contributed by atoms with van der Waals surface area (Å²) in [5.41, 5.74) is 0.844. The number of carbonyl (C=O) groups is 1. The summed E-state index contributed by atoms with van der Waals surface area (Å²) in [6, 6.07) is 10.8. The van der Waals surface area contributed by atoms with E-state index in [1.165, 1.54) is 5.56 Å². The molecular weight excluding hydrogens is 312 g/mol. The third kappa shape index (κ3) is 8.92. The quantitative estimate of drug-likeness (QED) is 0.682. The van der Waals surface area contributed by atoms with Gasteiger partial charge in [0.05, 0.1) is 0 Å². The van der Waals surface area contributed by atoms with Crippen LogP contribution in [-0.4, -0.2) is 36.2 Å². The lowest BCUT2D eigenvalue weighted by molar-refractivity contribution is 0.0250. The van der Waals surface area contributed by atoms with E-state index in [9.17, 15) is 4.79 Å². The van der Waals surface area contributed by atoms with Gasteiger partial charge < -0.3 is 15.0 Å². The van der Waals surface area contributed by atoms with Crippen LogP contribution in [0.1, 0.15) is 66.0 Å². The number of ether oxygens (including phenoxy) is 1. The molecule has 1 aromatic rings. The SMILES string of the molecule is CCCN(CCNC(CC(C)C)c1ccccc1)C(=O)OC(C)(C)C. The number of hydrogen-bond donors (Lipinski definition) is 1. The molecule has 0 saturated carbocycles. The number of benzene rings is 1. The lowest BCUT2D eigenvalue weighted by atomic mass is 9.97. The normalized spacial score (nSPS) is 12.9. The molecule has 4 nitrogen and oxygen atoms in total. The van der Waals surface area contributed by atoms with Crippen LogP contribution in [0.4, 0.5) is 4.79 Å². The van der Waals surface area contributed by atoms with Gasteiger partial charge in [0.25, 0.3) is 0 Å². The van der Waals surface area contributed by atoms with Crippen molar-refractivity contribution < 1.29 is 9.53 Å². The molecule has 1 amide bonds. The summed E-state index contributed by atoms with van der Waals surface area (Å²) < 4.78 is 5.52. The van der Waals surface area contributed by atoms with Crippen molar-refractivity contribution in [1.82, 2.24) is 10.2 Å². The molecule has 0 aliphatic carbocycles. The minimum atomic E-state index is -0.458. The minimum Gasteiger partial charge on any atom is -0.444 e. The van der Waals surface area contributed by atoms with Crippen LogP contribution < -0.4 is 5.32 Å². The van der Waals surface area contributed by atoms with Gasteiger partial charge in [0.1, 0.15) is 5.60 Å². The first-order valence-corrected chi connectivity index (χ1v) is 9.49. The molecule has 1 atom stereocenters. The fourth-order valence-electron chi connectivity index (χ4n) is 2.76. The van der Waals surface area contributed by atoms with E-state index in [1.54, 1.807) is 4.90 Å². The Bertz CT molecular complexity index is 494. The third-order valence-electron chi connectivity index (χ3n) is 3.83. The van der Waals surface area contributed by atoms with Crippen LogP contribution in [0.15, 0.2) is 30.3 Å². The summed E-state index contributed by atoms with van der Waals surface area (Å²) in [7, 11) is 0. The van der Waals surface area contributed by atoms with Crippen molar-refractivity contribution in [2.45, 2.75) is 66.0 Å². The second-order valence-corrected chi connectivity index (χ2v) is 8.01. The van der Waals surface area contributed by atoms with E-state index >= 15 is 0 Å². The highest BCUT2D eigenvalue weighted by molar-refractivity contribution is 5.68. The highest BCUT2D eigenvalue weighted by Gasteiger charge is 2.21. The number of carbonyl (C=O) groups excluding carboxylic acids is 1. The van der Waals surface area contributed by atoms with Gasteiger partial charge in [-0.25, -0.2) is 4.79 Å². The van der Waals surface area contributed by atoms with Crippen LogP contribution in [0, 0.1) is 5.92 Å². The number of nitrogens with one attached hydrogen (secondary N) is 1. The van der Waals surface area contributed by atoms with E-state index in [-0.39, 0.29) is 6.09 Å². The Morgan fingerprint density at radius 2 is 1.80 bits per heavy atom. The smallest absolute Gasteiger partial charge is 0.410 e. The molecule has 0 saturated heterocycles. The monoisotopic (exact) mass is 348 g/mol. The predicted molar refractivity (Wildman–Crippen MR) is 105 cm³/mol. The van der Waals surface area contributed by atoms with Crippen LogP contribution in [0.25, 0.3) is 0 Å². The highest BCUT2D eigenvalue weighted by atomic mass is 16.6. The number of rotatable bonds is 9. The molecule has 1 rings (SSSR count). The maximum absolute atomic E-state index is 12.3. The predicted octanol–water partition coefficient (Wildman–Crippen LogP) is 5.01. The van der Waals surface area contributed by atoms with Crippen LogP contribution >= 0.6 is 0 Å². The lowest BCUT2D eigenvalue weighted by Crippen LogP contribution is -2.41. The number of nitrogens with zero attached hydrogens (tertiary/aromatic N) is 1. The largest absolute Gasteiger partial charge is 0.444 e. The maximum Gasteiger partial charge on any atom is 0.410 e. The molecule has 0 aliphatic heterocycles. The summed E-state index contributed by atoms with van der Waals surface area (Å²) in [5.74, 6) is 0.607. The van der Waals surface area contributed by atoms with Crippen LogP contribution in [0.5, 0.6) is 0 Å². The molecule has 4 heteroatoms. The van der Waals surface area contributed by atoms with Gasteiger partial charge in [-0.1, -0.05) is 51.1 Å². The first-order chi connectivity index (χ1) is 11.7. The second kappa shape index (κ2) is 10.4. The van der Waals surface area contributed by atoms with Crippen LogP contribution in [0.2, 0.25) is 0 Å². The fraction of sp³-hybridized carbons (Fsp3) is 0.667. The summed E-state index contributed by atoms with van der Waals surface area (Å²) in [5, 5.41) is 3.62. The molecule has 1 N–H and O–H groups in total. The van der Waals surface area contributed by atoms with Crippen LogP contribution in [-0.2, 0) is 4.74 Å². The molecule has 1 unspecified atom stereocenters. The van der Waals surface area contributed by atoms with E-state index in [0.717, 1.165) is 25.9 Å². The van der Waals surface area contributed by atoms with E-state index in [1.807, 2.05) is 26.8 Å². The first-order valence-electron chi connectivity index (χ1n) is 9.49. The van der Waals surface area contributed by atoms with E-state index in [2.05, 4.69) is 50.4 Å². The Hall–Kier alpha value is -1.55. The van der Waals surface area contributed by atoms with Gasteiger partial charge in [-0.3, -0.25) is 0 Å². The number of amides is 1. The molecule has 0 spiro atoms. The Morgan fingerprint density at radius 3 is 2.32 bits per heavy atom. The average molecular weight is 349 g/mol. The van der Waals surface area contributed by atoms with Crippen molar-refractivity contribution in [2.75, 3.05) is 19.6 Å². The molecule has 0 heterocycles. The highest BCUT2D eigenvalue weighted by Crippen LogP contribution is 2.20. The standard InChI is InChI=1S/C21H36N2O2/c1-7-14-23(20(24)25-21(4,5)6)15-13-22-19(16-17(2)3)18-11-9-8-10-12-18/h8-12,17,19,22H,7,13-16H2,1-6H3.